The molecule has 2 rings (SSSR count). The Hall–Kier alpha value is -1.57. The normalized spacial score (nSPS) is 25.9. The summed E-state index contributed by atoms with van der Waals surface area (Å²) in [7, 11) is 0. The molecule has 2 fully saturated rings. The number of carbonyl (C=O) groups excluding carboxylic acids is 2. The van der Waals surface area contributed by atoms with Gasteiger partial charge in [0.25, 0.3) is 0 Å². The molecule has 1 saturated heterocycles. The number of ketones is 1. The maximum absolute atomic E-state index is 12.0. The molecule has 0 bridgehead atoms. The third kappa shape index (κ3) is 1.88. The molecule has 17 heavy (non-hydrogen) atoms. The molecule has 5 heteroatoms. The Morgan fingerprint density at radius 1 is 1.53 bits per heavy atom. The number of ether oxygens (including phenoxy) is 1. The van der Waals surface area contributed by atoms with Crippen LogP contribution in [0.3, 0.4) is 0 Å². The molecule has 0 unspecified atom stereocenters. The standard InChI is InChI=1S/C12H16N2O3/c1-11(2,3)17-10(16)14-7-8(6-13)9(15)12(14)4-5-12/h8H,4-5,7H2,1-3H3/t8-/m0/s1. The van der Waals surface area contributed by atoms with Gasteiger partial charge in [-0.15, -0.1) is 0 Å². The molecule has 0 aromatic rings. The summed E-state index contributed by atoms with van der Waals surface area (Å²) in [6.45, 7) is 5.52. The number of rotatable bonds is 0. The molecule has 1 spiro atoms. The highest BCUT2D eigenvalue weighted by Gasteiger charge is 2.63. The van der Waals surface area contributed by atoms with Gasteiger partial charge in [-0.25, -0.2) is 4.79 Å². The molecule has 5 nitrogen and oxygen atoms in total. The molecule has 2 aliphatic rings. The minimum absolute atomic E-state index is 0.120. The van der Waals surface area contributed by atoms with E-state index in [-0.39, 0.29) is 12.3 Å². The van der Waals surface area contributed by atoms with Crippen LogP contribution in [0.4, 0.5) is 4.79 Å². The van der Waals surface area contributed by atoms with E-state index in [9.17, 15) is 9.59 Å². The average Bonchev–Trinajstić information content (AvgIpc) is 2.91. The number of likely N-dealkylation sites (tertiary alicyclic amines) is 1. The van der Waals surface area contributed by atoms with Crippen LogP contribution in [0.15, 0.2) is 0 Å². The fraction of sp³-hybridized carbons (Fsp3) is 0.750. The second-order valence-electron chi connectivity index (χ2n) is 5.67. The van der Waals surface area contributed by atoms with Crippen molar-refractivity contribution in [3.63, 3.8) is 0 Å². The van der Waals surface area contributed by atoms with Gasteiger partial charge in [0.15, 0.2) is 5.78 Å². The number of hydrogen-bond donors (Lipinski definition) is 0. The molecule has 1 saturated carbocycles. The maximum Gasteiger partial charge on any atom is 0.411 e. The SMILES string of the molecule is CC(C)(C)OC(=O)N1C[C@H](C#N)C(=O)C12CC2. The van der Waals surface area contributed by atoms with Gasteiger partial charge < -0.3 is 4.74 Å². The van der Waals surface area contributed by atoms with Crippen LogP contribution < -0.4 is 0 Å². The smallest absolute Gasteiger partial charge is 0.411 e. The van der Waals surface area contributed by atoms with Gasteiger partial charge >= 0.3 is 6.09 Å². The van der Waals surface area contributed by atoms with Crippen molar-refractivity contribution in [1.82, 2.24) is 4.90 Å². The number of amides is 1. The van der Waals surface area contributed by atoms with Crippen LogP contribution in [-0.2, 0) is 9.53 Å². The summed E-state index contributed by atoms with van der Waals surface area (Å²) in [6.07, 6.45) is 0.827. The van der Waals surface area contributed by atoms with E-state index in [1.807, 2.05) is 6.07 Å². The van der Waals surface area contributed by atoms with E-state index in [1.54, 1.807) is 20.8 Å². The topological polar surface area (TPSA) is 70.4 Å². The lowest BCUT2D eigenvalue weighted by Crippen LogP contribution is -2.43. The monoisotopic (exact) mass is 236 g/mol. The van der Waals surface area contributed by atoms with Gasteiger partial charge in [-0.2, -0.15) is 5.26 Å². The molecule has 1 aliphatic heterocycles. The van der Waals surface area contributed by atoms with Crippen molar-refractivity contribution >= 4 is 11.9 Å². The second kappa shape index (κ2) is 3.46. The Labute approximate surface area is 100 Å². The van der Waals surface area contributed by atoms with Gasteiger partial charge in [0.05, 0.1) is 6.07 Å². The minimum Gasteiger partial charge on any atom is -0.444 e. The van der Waals surface area contributed by atoms with E-state index in [4.69, 9.17) is 10.00 Å². The molecule has 1 aliphatic carbocycles. The number of nitriles is 1. The van der Waals surface area contributed by atoms with Crippen LogP contribution in [0.25, 0.3) is 0 Å². The van der Waals surface area contributed by atoms with Crippen LogP contribution in [-0.4, -0.2) is 34.5 Å². The first-order valence-corrected chi connectivity index (χ1v) is 5.75. The highest BCUT2D eigenvalue weighted by atomic mass is 16.6. The average molecular weight is 236 g/mol. The Morgan fingerprint density at radius 2 is 2.12 bits per heavy atom. The Balaban J connectivity index is 2.16. The number of nitrogens with zero attached hydrogens (tertiary/aromatic N) is 2. The third-order valence-electron chi connectivity index (χ3n) is 3.15. The van der Waals surface area contributed by atoms with Crippen molar-refractivity contribution in [2.24, 2.45) is 5.92 Å². The van der Waals surface area contributed by atoms with Crippen LogP contribution in [0.5, 0.6) is 0 Å². The summed E-state index contributed by atoms with van der Waals surface area (Å²) < 4.78 is 5.26. The zero-order chi connectivity index (χ0) is 12.8. The van der Waals surface area contributed by atoms with Gasteiger partial charge in [0, 0.05) is 6.54 Å². The zero-order valence-corrected chi connectivity index (χ0v) is 10.3. The van der Waals surface area contributed by atoms with E-state index in [1.165, 1.54) is 4.90 Å². The van der Waals surface area contributed by atoms with Gasteiger partial charge in [-0.3, -0.25) is 9.69 Å². The molecule has 0 radical (unpaired) electrons. The first-order chi connectivity index (χ1) is 7.80. The summed E-state index contributed by atoms with van der Waals surface area (Å²) in [5.74, 6) is -0.809. The van der Waals surface area contributed by atoms with E-state index < -0.39 is 23.2 Å². The molecular formula is C12H16N2O3. The van der Waals surface area contributed by atoms with Crippen LogP contribution in [0, 0.1) is 17.2 Å². The summed E-state index contributed by atoms with van der Waals surface area (Å²) in [4.78, 5) is 25.3. The van der Waals surface area contributed by atoms with Gasteiger partial charge in [-0.1, -0.05) is 0 Å². The van der Waals surface area contributed by atoms with Crippen LogP contribution in [0.1, 0.15) is 33.6 Å². The van der Waals surface area contributed by atoms with E-state index in [0.29, 0.717) is 12.8 Å². The second-order valence-corrected chi connectivity index (χ2v) is 5.67. The largest absolute Gasteiger partial charge is 0.444 e. The minimum atomic E-state index is -0.720. The molecule has 0 N–H and O–H groups in total. The van der Waals surface area contributed by atoms with Gasteiger partial charge in [0.1, 0.15) is 17.1 Å². The van der Waals surface area contributed by atoms with E-state index in [0.717, 1.165) is 0 Å². The summed E-state index contributed by atoms with van der Waals surface area (Å²) in [6, 6.07) is 1.96. The van der Waals surface area contributed by atoms with Crippen molar-refractivity contribution < 1.29 is 14.3 Å². The highest BCUT2D eigenvalue weighted by molar-refractivity contribution is 6.00. The lowest BCUT2D eigenvalue weighted by molar-refractivity contribution is -0.122. The summed E-state index contributed by atoms with van der Waals surface area (Å²) >= 11 is 0. The van der Waals surface area contributed by atoms with Gasteiger partial charge in [0.2, 0.25) is 0 Å². The predicted octanol–water partition coefficient (Wildman–Crippen LogP) is 1.48. The molecule has 0 aromatic carbocycles. The van der Waals surface area contributed by atoms with Crippen molar-refractivity contribution in [2.75, 3.05) is 6.54 Å². The fourth-order valence-corrected chi connectivity index (χ4v) is 2.20. The van der Waals surface area contributed by atoms with Crippen molar-refractivity contribution in [3.05, 3.63) is 0 Å². The number of Topliss-reactive ketones (excluding diaryl/α,β-unsaturated/α-hetero) is 1. The zero-order valence-electron chi connectivity index (χ0n) is 10.3. The number of carbonyl (C=O) groups is 2. The first kappa shape index (κ1) is 11.9. The Bertz CT molecular complexity index is 412. The van der Waals surface area contributed by atoms with E-state index >= 15 is 0 Å². The van der Waals surface area contributed by atoms with Gasteiger partial charge in [-0.05, 0) is 33.6 Å². The quantitative estimate of drug-likeness (QED) is 0.638. The molecule has 1 amide bonds. The molecular weight excluding hydrogens is 220 g/mol. The molecule has 1 atom stereocenters. The predicted molar refractivity (Wildman–Crippen MR) is 59.0 cm³/mol. The highest BCUT2D eigenvalue weighted by Crippen LogP contribution is 2.49. The summed E-state index contributed by atoms with van der Waals surface area (Å²) in [5.41, 5.74) is -1.30. The van der Waals surface area contributed by atoms with Crippen molar-refractivity contribution in [2.45, 2.75) is 44.8 Å². The molecule has 1 heterocycles. The Kier molecular flexibility index (Phi) is 2.42. The van der Waals surface area contributed by atoms with Crippen LogP contribution >= 0.6 is 0 Å². The van der Waals surface area contributed by atoms with E-state index in [2.05, 4.69) is 0 Å². The molecule has 0 aromatic heterocycles. The first-order valence-electron chi connectivity index (χ1n) is 5.75. The molecule has 92 valence electrons. The Morgan fingerprint density at radius 3 is 2.53 bits per heavy atom. The lowest BCUT2D eigenvalue weighted by Gasteiger charge is -2.27. The lowest BCUT2D eigenvalue weighted by atomic mass is 10.0. The summed E-state index contributed by atoms with van der Waals surface area (Å²) in [5, 5.41) is 8.88. The van der Waals surface area contributed by atoms with Crippen molar-refractivity contribution in [1.29, 1.82) is 5.26 Å². The number of hydrogen-bond acceptors (Lipinski definition) is 4. The van der Waals surface area contributed by atoms with Crippen LogP contribution in [0.2, 0.25) is 0 Å². The third-order valence-corrected chi connectivity index (χ3v) is 3.15. The van der Waals surface area contributed by atoms with Crippen molar-refractivity contribution in [3.8, 4) is 6.07 Å². The fourth-order valence-electron chi connectivity index (χ4n) is 2.20. The maximum atomic E-state index is 12.0.